The summed E-state index contributed by atoms with van der Waals surface area (Å²) in [5, 5.41) is 0. The SMILES string of the molecule is CN(C(=O)Cn1c(=O)oc2ccc(-c3cccc(N4CCN(C(=O)OC(C)(C)C)CC4)c3)cc21)c1ccccc1. The molecule has 0 saturated carbocycles. The predicted octanol–water partition coefficient (Wildman–Crippen LogP) is 4.98. The molecule has 1 aromatic heterocycles. The molecule has 1 aliphatic rings. The Morgan fingerprint density at radius 3 is 2.30 bits per heavy atom. The summed E-state index contributed by atoms with van der Waals surface area (Å²) in [6.07, 6.45) is -0.284. The summed E-state index contributed by atoms with van der Waals surface area (Å²) in [6.45, 7) is 8.02. The average Bonchev–Trinajstić information content (AvgIpc) is 3.26. The number of hydrogen-bond donors (Lipinski definition) is 0. The number of hydrogen-bond acceptors (Lipinski definition) is 6. The number of piperazine rings is 1. The molecule has 2 amide bonds. The molecule has 5 rings (SSSR count). The van der Waals surface area contributed by atoms with E-state index < -0.39 is 11.4 Å². The van der Waals surface area contributed by atoms with Gasteiger partial charge in [0.05, 0.1) is 5.52 Å². The summed E-state index contributed by atoms with van der Waals surface area (Å²) in [6, 6.07) is 23.0. The van der Waals surface area contributed by atoms with Crippen LogP contribution in [0.5, 0.6) is 0 Å². The number of ether oxygens (including phenoxy) is 1. The zero-order chi connectivity index (χ0) is 28.4. The highest BCUT2D eigenvalue weighted by atomic mass is 16.6. The molecule has 4 aromatic rings. The van der Waals surface area contributed by atoms with Crippen molar-refractivity contribution in [1.29, 1.82) is 0 Å². The first-order valence-corrected chi connectivity index (χ1v) is 13.4. The number of likely N-dealkylation sites (N-methyl/N-ethyl adjacent to an activating group) is 1. The Labute approximate surface area is 233 Å². The highest BCUT2D eigenvalue weighted by Crippen LogP contribution is 2.28. The maximum Gasteiger partial charge on any atom is 0.420 e. The van der Waals surface area contributed by atoms with Crippen molar-refractivity contribution in [3.05, 3.63) is 83.3 Å². The smallest absolute Gasteiger partial charge is 0.420 e. The fraction of sp³-hybridized carbons (Fsp3) is 0.323. The van der Waals surface area contributed by atoms with Crippen LogP contribution in [0.2, 0.25) is 0 Å². The molecule has 2 heterocycles. The van der Waals surface area contributed by atoms with Crippen molar-refractivity contribution in [1.82, 2.24) is 9.47 Å². The molecule has 1 aliphatic heterocycles. The number of rotatable bonds is 5. The van der Waals surface area contributed by atoms with Crippen LogP contribution >= 0.6 is 0 Å². The molecular weight excluding hydrogens is 508 g/mol. The van der Waals surface area contributed by atoms with Crippen molar-refractivity contribution in [2.45, 2.75) is 32.9 Å². The Hall–Kier alpha value is -4.53. The number of oxazole rings is 1. The molecule has 9 heteroatoms. The summed E-state index contributed by atoms with van der Waals surface area (Å²) in [5.74, 6) is -0.799. The summed E-state index contributed by atoms with van der Waals surface area (Å²) in [5.41, 5.74) is 4.15. The third-order valence-electron chi connectivity index (χ3n) is 6.95. The normalized spacial score (nSPS) is 13.9. The minimum atomic E-state index is -0.571. The largest absolute Gasteiger partial charge is 0.444 e. The lowest BCUT2D eigenvalue weighted by atomic mass is 10.0. The molecule has 208 valence electrons. The zero-order valence-electron chi connectivity index (χ0n) is 23.3. The molecule has 3 aromatic carbocycles. The minimum Gasteiger partial charge on any atom is -0.444 e. The Kier molecular flexibility index (Phi) is 7.38. The lowest BCUT2D eigenvalue weighted by Gasteiger charge is -2.36. The Balaban J connectivity index is 1.34. The van der Waals surface area contributed by atoms with Gasteiger partial charge in [-0.05, 0) is 68.3 Å². The first kappa shape index (κ1) is 27.1. The number of amides is 2. The summed E-state index contributed by atoms with van der Waals surface area (Å²) >= 11 is 0. The zero-order valence-corrected chi connectivity index (χ0v) is 23.3. The molecule has 40 heavy (non-hydrogen) atoms. The van der Waals surface area contributed by atoms with Crippen molar-refractivity contribution in [3.8, 4) is 11.1 Å². The molecule has 0 atom stereocenters. The highest BCUT2D eigenvalue weighted by molar-refractivity contribution is 5.93. The van der Waals surface area contributed by atoms with E-state index in [2.05, 4.69) is 17.0 Å². The van der Waals surface area contributed by atoms with E-state index in [0.29, 0.717) is 37.3 Å². The second-order valence-electron chi connectivity index (χ2n) is 10.9. The minimum absolute atomic E-state index is 0.136. The maximum atomic E-state index is 13.0. The van der Waals surface area contributed by atoms with Crippen molar-refractivity contribution in [2.24, 2.45) is 0 Å². The van der Waals surface area contributed by atoms with Gasteiger partial charge in [0.25, 0.3) is 0 Å². The van der Waals surface area contributed by atoms with Crippen LogP contribution in [0, 0.1) is 0 Å². The topological polar surface area (TPSA) is 88.2 Å². The van der Waals surface area contributed by atoms with Crippen LogP contribution in [0.25, 0.3) is 22.2 Å². The Morgan fingerprint density at radius 1 is 0.900 bits per heavy atom. The number of anilines is 2. The van der Waals surface area contributed by atoms with Crippen molar-refractivity contribution >= 4 is 34.5 Å². The molecule has 0 aliphatic carbocycles. The number of para-hydroxylation sites is 1. The second kappa shape index (κ2) is 10.9. The van der Waals surface area contributed by atoms with E-state index in [1.54, 1.807) is 18.0 Å². The quantitative estimate of drug-likeness (QED) is 0.353. The van der Waals surface area contributed by atoms with E-state index in [9.17, 15) is 14.4 Å². The standard InChI is InChI=1S/C31H34N4O5/c1-31(2,3)40-29(37)34-17-15-33(16-18-34)25-12-8-9-22(19-25)23-13-14-27-26(20-23)35(30(38)39-27)21-28(36)32(4)24-10-6-5-7-11-24/h5-14,19-20H,15-18,21H2,1-4H3. The Bertz CT molecular complexity index is 1580. The van der Waals surface area contributed by atoms with Crippen LogP contribution in [-0.4, -0.2) is 60.3 Å². The molecular formula is C31H34N4O5. The number of fused-ring (bicyclic) bond motifs is 1. The van der Waals surface area contributed by atoms with Gasteiger partial charge in [0.1, 0.15) is 12.1 Å². The van der Waals surface area contributed by atoms with Crippen LogP contribution < -0.4 is 15.6 Å². The van der Waals surface area contributed by atoms with Gasteiger partial charge in [-0.2, -0.15) is 0 Å². The molecule has 1 saturated heterocycles. The van der Waals surface area contributed by atoms with Crippen LogP contribution in [-0.2, 0) is 16.1 Å². The van der Waals surface area contributed by atoms with Crippen molar-refractivity contribution < 1.29 is 18.7 Å². The molecule has 0 spiro atoms. The number of carbonyl (C=O) groups is 2. The average molecular weight is 543 g/mol. The van der Waals surface area contributed by atoms with Crippen LogP contribution in [0.4, 0.5) is 16.2 Å². The first-order valence-electron chi connectivity index (χ1n) is 13.4. The number of nitrogens with zero attached hydrogens (tertiary/aromatic N) is 4. The highest BCUT2D eigenvalue weighted by Gasteiger charge is 2.26. The van der Waals surface area contributed by atoms with Gasteiger partial charge in [-0.15, -0.1) is 0 Å². The monoisotopic (exact) mass is 542 g/mol. The van der Waals surface area contributed by atoms with Gasteiger partial charge >= 0.3 is 11.8 Å². The fourth-order valence-corrected chi connectivity index (χ4v) is 4.78. The van der Waals surface area contributed by atoms with E-state index in [-0.39, 0.29) is 18.5 Å². The molecule has 1 fully saturated rings. The van der Waals surface area contributed by atoms with Gasteiger partial charge in [0.2, 0.25) is 5.91 Å². The summed E-state index contributed by atoms with van der Waals surface area (Å²) in [4.78, 5) is 43.6. The molecule has 0 bridgehead atoms. The first-order chi connectivity index (χ1) is 19.1. The van der Waals surface area contributed by atoms with E-state index in [1.807, 2.05) is 75.4 Å². The molecule has 0 radical (unpaired) electrons. The Morgan fingerprint density at radius 2 is 1.60 bits per heavy atom. The predicted molar refractivity (Wildman–Crippen MR) is 156 cm³/mol. The van der Waals surface area contributed by atoms with E-state index in [4.69, 9.17) is 9.15 Å². The van der Waals surface area contributed by atoms with Gasteiger partial charge in [0.15, 0.2) is 5.58 Å². The van der Waals surface area contributed by atoms with Crippen LogP contribution in [0.15, 0.2) is 82.0 Å². The van der Waals surface area contributed by atoms with E-state index in [0.717, 1.165) is 22.5 Å². The van der Waals surface area contributed by atoms with Gasteiger partial charge in [-0.1, -0.05) is 36.4 Å². The van der Waals surface area contributed by atoms with Crippen LogP contribution in [0.1, 0.15) is 20.8 Å². The van der Waals surface area contributed by atoms with Crippen molar-refractivity contribution in [3.63, 3.8) is 0 Å². The fourth-order valence-electron chi connectivity index (χ4n) is 4.78. The van der Waals surface area contributed by atoms with Gasteiger partial charge in [-0.3, -0.25) is 9.36 Å². The molecule has 0 unspecified atom stereocenters. The van der Waals surface area contributed by atoms with Gasteiger partial charge < -0.3 is 23.9 Å². The summed E-state index contributed by atoms with van der Waals surface area (Å²) in [7, 11) is 1.69. The number of carbonyl (C=O) groups excluding carboxylic acids is 2. The molecule has 0 N–H and O–H groups in total. The van der Waals surface area contributed by atoms with Gasteiger partial charge in [-0.25, -0.2) is 9.59 Å². The molecule has 9 nitrogen and oxygen atoms in total. The number of benzene rings is 3. The van der Waals surface area contributed by atoms with E-state index >= 15 is 0 Å². The van der Waals surface area contributed by atoms with Crippen LogP contribution in [0.3, 0.4) is 0 Å². The third kappa shape index (κ3) is 5.88. The van der Waals surface area contributed by atoms with Gasteiger partial charge in [0, 0.05) is 44.6 Å². The lowest BCUT2D eigenvalue weighted by Crippen LogP contribution is -2.50. The lowest BCUT2D eigenvalue weighted by molar-refractivity contribution is -0.118. The number of aromatic nitrogens is 1. The van der Waals surface area contributed by atoms with Crippen molar-refractivity contribution in [2.75, 3.05) is 43.0 Å². The van der Waals surface area contributed by atoms with E-state index in [1.165, 1.54) is 9.47 Å². The summed E-state index contributed by atoms with van der Waals surface area (Å²) < 4.78 is 12.3. The second-order valence-corrected chi connectivity index (χ2v) is 10.9. The third-order valence-corrected chi connectivity index (χ3v) is 6.95. The maximum absolute atomic E-state index is 13.0.